The maximum atomic E-state index is 13.2. The highest BCUT2D eigenvalue weighted by Crippen LogP contribution is 2.36. The minimum absolute atomic E-state index is 0.0138. The Morgan fingerprint density at radius 3 is 2.43 bits per heavy atom. The number of nitrogens with zero attached hydrogens (tertiary/aromatic N) is 2. The minimum Gasteiger partial charge on any atom is -0.396 e. The largest absolute Gasteiger partial charge is 0.418 e. The number of benzene rings is 1. The predicted molar refractivity (Wildman–Crippen MR) is 79.4 cm³/mol. The number of halogens is 4. The number of aromatic nitrogens is 2. The van der Waals surface area contributed by atoms with Crippen molar-refractivity contribution in [3.05, 3.63) is 39.6 Å². The molecule has 0 aliphatic heterocycles. The topological polar surface area (TPSA) is 43.8 Å². The van der Waals surface area contributed by atoms with Gasteiger partial charge in [0, 0.05) is 4.47 Å². The van der Waals surface area contributed by atoms with Crippen molar-refractivity contribution >= 4 is 21.6 Å². The summed E-state index contributed by atoms with van der Waals surface area (Å²) in [6.45, 7) is 3.71. The molecule has 2 N–H and O–H groups in total. The third-order valence-corrected chi connectivity index (χ3v) is 3.75. The van der Waals surface area contributed by atoms with E-state index in [1.54, 1.807) is 0 Å². The molecule has 0 unspecified atom stereocenters. The van der Waals surface area contributed by atoms with Gasteiger partial charge in [0.1, 0.15) is 0 Å². The smallest absolute Gasteiger partial charge is 0.396 e. The van der Waals surface area contributed by atoms with Crippen LogP contribution in [0.1, 0.15) is 30.8 Å². The van der Waals surface area contributed by atoms with E-state index in [1.807, 2.05) is 13.8 Å². The maximum Gasteiger partial charge on any atom is 0.418 e. The average molecular weight is 362 g/mol. The van der Waals surface area contributed by atoms with Crippen molar-refractivity contribution in [3.8, 4) is 5.69 Å². The normalized spacial score (nSPS) is 11.9. The number of anilines is 1. The lowest BCUT2D eigenvalue weighted by atomic mass is 10.1. The van der Waals surface area contributed by atoms with Crippen molar-refractivity contribution in [3.63, 3.8) is 0 Å². The van der Waals surface area contributed by atoms with Gasteiger partial charge in [-0.15, -0.1) is 0 Å². The molecule has 0 aliphatic rings. The van der Waals surface area contributed by atoms with Crippen LogP contribution in [0.4, 0.5) is 18.9 Å². The number of hydrogen-bond acceptors (Lipinski definition) is 2. The van der Waals surface area contributed by atoms with Gasteiger partial charge in [0.05, 0.1) is 28.3 Å². The van der Waals surface area contributed by atoms with Crippen molar-refractivity contribution in [2.45, 2.75) is 32.9 Å². The third-order valence-electron chi connectivity index (χ3n) is 3.26. The molecule has 0 atom stereocenters. The summed E-state index contributed by atoms with van der Waals surface area (Å²) in [4.78, 5) is 0. The lowest BCUT2D eigenvalue weighted by Gasteiger charge is -2.15. The van der Waals surface area contributed by atoms with Crippen LogP contribution in [0.2, 0.25) is 0 Å². The summed E-state index contributed by atoms with van der Waals surface area (Å²) >= 11 is 3.21. The van der Waals surface area contributed by atoms with E-state index < -0.39 is 11.7 Å². The summed E-state index contributed by atoms with van der Waals surface area (Å²) < 4.78 is 41.5. The highest BCUT2D eigenvalue weighted by atomic mass is 79.9. The minimum atomic E-state index is -4.45. The first-order chi connectivity index (χ1) is 9.79. The fourth-order valence-corrected chi connectivity index (χ4v) is 2.58. The van der Waals surface area contributed by atoms with Crippen molar-refractivity contribution in [2.24, 2.45) is 0 Å². The summed E-state index contributed by atoms with van der Waals surface area (Å²) in [5.41, 5.74) is 6.91. The highest BCUT2D eigenvalue weighted by Gasteiger charge is 2.35. The molecule has 2 rings (SSSR count). The van der Waals surface area contributed by atoms with Crippen LogP contribution in [-0.4, -0.2) is 9.78 Å². The SMILES string of the molecule is CCc1nn(-c2cc(Br)ccc2C(F)(F)F)c(CC)c1N. The first-order valence-electron chi connectivity index (χ1n) is 6.52. The van der Waals surface area contributed by atoms with Gasteiger partial charge in [0.25, 0.3) is 0 Å². The molecule has 0 aliphatic carbocycles. The first-order valence-corrected chi connectivity index (χ1v) is 7.32. The Morgan fingerprint density at radius 2 is 1.90 bits per heavy atom. The number of nitrogens with two attached hydrogens (primary N) is 1. The van der Waals surface area contributed by atoms with Crippen LogP contribution in [0.5, 0.6) is 0 Å². The van der Waals surface area contributed by atoms with Gasteiger partial charge in [0.15, 0.2) is 0 Å². The number of hydrogen-bond donors (Lipinski definition) is 1. The van der Waals surface area contributed by atoms with E-state index >= 15 is 0 Å². The third kappa shape index (κ3) is 2.92. The van der Waals surface area contributed by atoms with Crippen LogP contribution in [0.15, 0.2) is 22.7 Å². The zero-order chi connectivity index (χ0) is 15.8. The zero-order valence-corrected chi connectivity index (χ0v) is 13.2. The van der Waals surface area contributed by atoms with E-state index in [0.717, 1.165) is 6.07 Å². The van der Waals surface area contributed by atoms with Gasteiger partial charge in [-0.25, -0.2) is 4.68 Å². The maximum absolute atomic E-state index is 13.2. The van der Waals surface area contributed by atoms with E-state index in [9.17, 15) is 13.2 Å². The highest BCUT2D eigenvalue weighted by molar-refractivity contribution is 9.10. The van der Waals surface area contributed by atoms with Gasteiger partial charge in [-0.2, -0.15) is 18.3 Å². The van der Waals surface area contributed by atoms with Crippen LogP contribution >= 0.6 is 15.9 Å². The molecular formula is C14H15BrF3N3. The Labute approximate surface area is 129 Å². The molecule has 1 heterocycles. The average Bonchev–Trinajstić information content (AvgIpc) is 2.73. The van der Waals surface area contributed by atoms with Crippen LogP contribution in [0, 0.1) is 0 Å². The van der Waals surface area contributed by atoms with Gasteiger partial charge >= 0.3 is 6.18 Å². The molecule has 0 radical (unpaired) electrons. The van der Waals surface area contributed by atoms with Crippen LogP contribution in [-0.2, 0) is 19.0 Å². The fraction of sp³-hybridized carbons (Fsp3) is 0.357. The number of nitrogen functional groups attached to an aromatic ring is 1. The second-order valence-corrected chi connectivity index (χ2v) is 5.50. The van der Waals surface area contributed by atoms with Gasteiger partial charge in [-0.05, 0) is 31.0 Å². The standard InChI is InChI=1S/C14H15BrF3N3/c1-3-10-13(19)11(4-2)21(20-10)12-7-8(15)5-6-9(12)14(16,17)18/h5-7H,3-4,19H2,1-2H3. The second kappa shape index (κ2) is 5.71. The summed E-state index contributed by atoms with van der Waals surface area (Å²) in [5, 5.41) is 4.26. The van der Waals surface area contributed by atoms with Gasteiger partial charge in [0.2, 0.25) is 0 Å². The predicted octanol–water partition coefficient (Wildman–Crippen LogP) is 4.36. The molecular weight excluding hydrogens is 347 g/mol. The molecule has 7 heteroatoms. The van der Waals surface area contributed by atoms with E-state index in [1.165, 1.54) is 16.8 Å². The van der Waals surface area contributed by atoms with Gasteiger partial charge in [-0.3, -0.25) is 0 Å². The molecule has 114 valence electrons. The Morgan fingerprint density at radius 1 is 1.24 bits per heavy atom. The van der Waals surface area contributed by atoms with E-state index in [4.69, 9.17) is 5.73 Å². The van der Waals surface area contributed by atoms with E-state index in [2.05, 4.69) is 21.0 Å². The van der Waals surface area contributed by atoms with Crippen LogP contribution < -0.4 is 5.73 Å². The summed E-state index contributed by atoms with van der Waals surface area (Å²) in [6.07, 6.45) is -3.38. The van der Waals surface area contributed by atoms with Crippen molar-refractivity contribution in [1.29, 1.82) is 0 Å². The molecule has 1 aromatic heterocycles. The van der Waals surface area contributed by atoms with E-state index in [0.29, 0.717) is 34.4 Å². The fourth-order valence-electron chi connectivity index (χ4n) is 2.24. The van der Waals surface area contributed by atoms with Crippen molar-refractivity contribution in [2.75, 3.05) is 5.73 Å². The quantitative estimate of drug-likeness (QED) is 0.882. The van der Waals surface area contributed by atoms with E-state index in [-0.39, 0.29) is 5.69 Å². The van der Waals surface area contributed by atoms with Gasteiger partial charge in [-0.1, -0.05) is 29.8 Å². The molecule has 3 nitrogen and oxygen atoms in total. The zero-order valence-electron chi connectivity index (χ0n) is 11.6. The number of alkyl halides is 3. The van der Waals surface area contributed by atoms with Crippen LogP contribution in [0.3, 0.4) is 0 Å². The molecule has 2 aromatic rings. The number of rotatable bonds is 3. The number of aryl methyl sites for hydroxylation is 1. The summed E-state index contributed by atoms with van der Waals surface area (Å²) in [5.74, 6) is 0. The molecule has 21 heavy (non-hydrogen) atoms. The monoisotopic (exact) mass is 361 g/mol. The molecule has 0 saturated heterocycles. The van der Waals surface area contributed by atoms with Gasteiger partial charge < -0.3 is 5.73 Å². The van der Waals surface area contributed by atoms with Crippen molar-refractivity contribution < 1.29 is 13.2 Å². The Bertz CT molecular complexity index is 662. The van der Waals surface area contributed by atoms with Crippen LogP contribution in [0.25, 0.3) is 5.69 Å². The molecule has 0 bridgehead atoms. The lowest BCUT2D eigenvalue weighted by molar-refractivity contribution is -0.137. The first kappa shape index (κ1) is 15.9. The summed E-state index contributed by atoms with van der Waals surface area (Å²) in [7, 11) is 0. The molecule has 1 aromatic carbocycles. The Kier molecular flexibility index (Phi) is 4.32. The summed E-state index contributed by atoms with van der Waals surface area (Å²) in [6, 6.07) is 3.82. The second-order valence-electron chi connectivity index (χ2n) is 4.59. The Hall–Kier alpha value is -1.50. The molecule has 0 spiro atoms. The molecule has 0 fully saturated rings. The molecule has 0 amide bonds. The van der Waals surface area contributed by atoms with Crippen molar-refractivity contribution in [1.82, 2.24) is 9.78 Å². The lowest BCUT2D eigenvalue weighted by Crippen LogP contribution is -2.13. The Balaban J connectivity index is 2.75. The molecule has 0 saturated carbocycles.